The number of carbonyl (C=O) groups excluding carboxylic acids is 1. The largest absolute Gasteiger partial charge is 0.457 e. The molecule has 11 atom stereocenters. The molecular formula is C41H76O14. The van der Waals surface area contributed by atoms with Gasteiger partial charge in [-0.15, -0.1) is 0 Å². The summed E-state index contributed by atoms with van der Waals surface area (Å²) in [5.74, 6) is -0.429. The summed E-state index contributed by atoms with van der Waals surface area (Å²) in [5, 5.41) is 71.2. The van der Waals surface area contributed by atoms with Crippen molar-refractivity contribution in [2.45, 2.75) is 210 Å². The summed E-state index contributed by atoms with van der Waals surface area (Å²) in [6.07, 6.45) is 11.9. The SMILES string of the molecule is CCCCCCCC/C=C\CCCCCCCCCCCCOCC(COC1OC(COC2OC(CO)C(O)C(O)C2O)C(O)C(O)C1O)OC(=O)CCC. The minimum atomic E-state index is -1.70. The fraction of sp³-hybridized carbons (Fsp3) is 0.927. The Morgan fingerprint density at radius 2 is 1.07 bits per heavy atom. The highest BCUT2D eigenvalue weighted by Gasteiger charge is 2.47. The van der Waals surface area contributed by atoms with E-state index in [0.29, 0.717) is 13.0 Å². The Balaban J connectivity index is 1.62. The summed E-state index contributed by atoms with van der Waals surface area (Å²) in [7, 11) is 0. The fourth-order valence-corrected chi connectivity index (χ4v) is 6.73. The van der Waals surface area contributed by atoms with Crippen molar-refractivity contribution in [2.24, 2.45) is 0 Å². The first-order valence-electron chi connectivity index (χ1n) is 21.3. The molecule has 0 aromatic heterocycles. The van der Waals surface area contributed by atoms with E-state index in [4.69, 9.17) is 28.4 Å². The predicted octanol–water partition coefficient (Wildman–Crippen LogP) is 3.95. The maximum Gasteiger partial charge on any atom is 0.306 e. The van der Waals surface area contributed by atoms with E-state index in [2.05, 4.69) is 19.1 Å². The van der Waals surface area contributed by atoms with Gasteiger partial charge in [0.2, 0.25) is 0 Å². The van der Waals surface area contributed by atoms with Crippen molar-refractivity contribution in [2.75, 3.05) is 33.0 Å². The Kier molecular flexibility index (Phi) is 27.9. The lowest BCUT2D eigenvalue weighted by molar-refractivity contribution is -0.332. The van der Waals surface area contributed by atoms with Gasteiger partial charge in [-0.25, -0.2) is 0 Å². The Bertz CT molecular complexity index is 969. The minimum absolute atomic E-state index is 0.0576. The lowest BCUT2D eigenvalue weighted by Gasteiger charge is -2.42. The lowest BCUT2D eigenvalue weighted by Crippen LogP contribution is -2.61. The fourth-order valence-electron chi connectivity index (χ4n) is 6.73. The number of unbranched alkanes of at least 4 members (excludes halogenated alkanes) is 16. The molecule has 0 saturated carbocycles. The van der Waals surface area contributed by atoms with Crippen molar-refractivity contribution in [1.82, 2.24) is 0 Å². The molecule has 2 aliphatic rings. The third kappa shape index (κ3) is 20.3. The van der Waals surface area contributed by atoms with Crippen LogP contribution in [0.4, 0.5) is 0 Å². The molecule has 0 aliphatic carbocycles. The van der Waals surface area contributed by atoms with E-state index in [1.165, 1.54) is 96.3 Å². The molecule has 0 radical (unpaired) electrons. The molecule has 7 N–H and O–H groups in total. The molecule has 2 saturated heterocycles. The molecule has 55 heavy (non-hydrogen) atoms. The van der Waals surface area contributed by atoms with E-state index in [0.717, 1.165) is 19.3 Å². The van der Waals surface area contributed by atoms with Crippen molar-refractivity contribution < 1.29 is 69.0 Å². The van der Waals surface area contributed by atoms with E-state index < -0.39 is 86.7 Å². The Morgan fingerprint density at radius 1 is 0.582 bits per heavy atom. The molecule has 0 aromatic rings. The van der Waals surface area contributed by atoms with Gasteiger partial charge in [-0.05, 0) is 38.5 Å². The number of allylic oxidation sites excluding steroid dienone is 2. The molecule has 0 aromatic carbocycles. The quantitative estimate of drug-likeness (QED) is 0.0292. The third-order valence-electron chi connectivity index (χ3n) is 10.2. The average molecular weight is 793 g/mol. The number of hydrogen-bond donors (Lipinski definition) is 7. The van der Waals surface area contributed by atoms with Crippen LogP contribution in [0.5, 0.6) is 0 Å². The minimum Gasteiger partial charge on any atom is -0.457 e. The summed E-state index contributed by atoms with van der Waals surface area (Å²) in [4.78, 5) is 12.3. The molecule has 14 heteroatoms. The van der Waals surface area contributed by atoms with Crippen LogP contribution in [-0.4, -0.2) is 142 Å². The van der Waals surface area contributed by atoms with Crippen LogP contribution in [0, 0.1) is 0 Å². The van der Waals surface area contributed by atoms with Crippen molar-refractivity contribution in [3.63, 3.8) is 0 Å². The number of ether oxygens (including phenoxy) is 6. The molecule has 0 bridgehead atoms. The van der Waals surface area contributed by atoms with Gasteiger partial charge >= 0.3 is 5.97 Å². The number of rotatable bonds is 32. The van der Waals surface area contributed by atoms with E-state index in [1.54, 1.807) is 0 Å². The summed E-state index contributed by atoms with van der Waals surface area (Å²) in [5.41, 5.74) is 0. The van der Waals surface area contributed by atoms with Gasteiger partial charge in [-0.1, -0.05) is 109 Å². The molecule has 14 nitrogen and oxygen atoms in total. The van der Waals surface area contributed by atoms with Crippen molar-refractivity contribution >= 4 is 5.97 Å². The van der Waals surface area contributed by atoms with Gasteiger partial charge < -0.3 is 64.2 Å². The summed E-state index contributed by atoms with van der Waals surface area (Å²) >= 11 is 0. The second-order valence-corrected chi connectivity index (χ2v) is 15.2. The van der Waals surface area contributed by atoms with E-state index in [-0.39, 0.29) is 19.6 Å². The van der Waals surface area contributed by atoms with Crippen LogP contribution in [0.15, 0.2) is 12.2 Å². The normalized spacial score (nSPS) is 29.2. The predicted molar refractivity (Wildman–Crippen MR) is 206 cm³/mol. The van der Waals surface area contributed by atoms with Gasteiger partial charge in [0.15, 0.2) is 12.6 Å². The average Bonchev–Trinajstić information content (AvgIpc) is 3.17. The van der Waals surface area contributed by atoms with Crippen molar-refractivity contribution in [1.29, 1.82) is 0 Å². The third-order valence-corrected chi connectivity index (χ3v) is 10.2. The van der Waals surface area contributed by atoms with Gasteiger partial charge in [0.05, 0.1) is 26.4 Å². The molecule has 0 spiro atoms. The Morgan fingerprint density at radius 3 is 1.62 bits per heavy atom. The van der Waals surface area contributed by atoms with Crippen LogP contribution >= 0.6 is 0 Å². The first-order valence-corrected chi connectivity index (χ1v) is 21.3. The van der Waals surface area contributed by atoms with Crippen LogP contribution in [0.2, 0.25) is 0 Å². The zero-order chi connectivity index (χ0) is 40.3. The van der Waals surface area contributed by atoms with Crippen LogP contribution in [-0.2, 0) is 33.2 Å². The van der Waals surface area contributed by atoms with E-state index >= 15 is 0 Å². The molecule has 2 heterocycles. The topological polar surface area (TPSA) is 214 Å². The second-order valence-electron chi connectivity index (χ2n) is 15.2. The standard InChI is InChI=1S/C41H76O14/c1-3-5-6-7-8-9-10-11-12-13-14-15-16-17-18-19-20-21-22-23-25-50-27-30(53-33(43)24-4-2)28-51-40-39(49)37(47)35(45)32(55-40)29-52-41-38(48)36(46)34(44)31(26-42)54-41/h11-12,30-32,34-42,44-49H,3-10,13-29H2,1-2H3/b12-11-. The highest BCUT2D eigenvalue weighted by Crippen LogP contribution is 2.26. The zero-order valence-electron chi connectivity index (χ0n) is 33.7. The lowest BCUT2D eigenvalue weighted by atomic mass is 9.98. The molecule has 2 rings (SSSR count). The maximum absolute atomic E-state index is 12.3. The van der Waals surface area contributed by atoms with Gasteiger partial charge in [-0.3, -0.25) is 4.79 Å². The van der Waals surface area contributed by atoms with Gasteiger partial charge in [-0.2, -0.15) is 0 Å². The number of aliphatic hydroxyl groups excluding tert-OH is 7. The Labute approximate surface area is 329 Å². The van der Waals surface area contributed by atoms with Crippen molar-refractivity contribution in [3.05, 3.63) is 12.2 Å². The molecule has 0 amide bonds. The maximum atomic E-state index is 12.3. The molecule has 2 fully saturated rings. The summed E-state index contributed by atoms with van der Waals surface area (Å²) in [6.45, 7) is 3.29. The van der Waals surface area contributed by atoms with Gasteiger partial charge in [0, 0.05) is 13.0 Å². The number of hydrogen-bond acceptors (Lipinski definition) is 14. The first-order chi connectivity index (χ1) is 26.6. The number of esters is 1. The van der Waals surface area contributed by atoms with Crippen LogP contribution in [0.1, 0.15) is 142 Å². The van der Waals surface area contributed by atoms with Gasteiger partial charge in [0.25, 0.3) is 0 Å². The molecule has 324 valence electrons. The Hall–Kier alpha value is -1.27. The molecule has 11 unspecified atom stereocenters. The van der Waals surface area contributed by atoms with E-state index in [1.807, 2.05) is 6.92 Å². The number of aliphatic hydroxyl groups is 7. The van der Waals surface area contributed by atoms with Crippen LogP contribution < -0.4 is 0 Å². The number of carbonyl (C=O) groups is 1. The monoisotopic (exact) mass is 793 g/mol. The van der Waals surface area contributed by atoms with Crippen molar-refractivity contribution in [3.8, 4) is 0 Å². The van der Waals surface area contributed by atoms with Crippen LogP contribution in [0.3, 0.4) is 0 Å². The van der Waals surface area contributed by atoms with Gasteiger partial charge in [0.1, 0.15) is 54.9 Å². The first kappa shape index (κ1) is 49.9. The van der Waals surface area contributed by atoms with Crippen LogP contribution in [0.25, 0.3) is 0 Å². The molecule has 2 aliphatic heterocycles. The second kappa shape index (κ2) is 30.8. The smallest absolute Gasteiger partial charge is 0.306 e. The molecular weight excluding hydrogens is 716 g/mol. The summed E-state index contributed by atoms with van der Waals surface area (Å²) < 4.78 is 33.5. The summed E-state index contributed by atoms with van der Waals surface area (Å²) in [6, 6.07) is 0. The van der Waals surface area contributed by atoms with E-state index in [9.17, 15) is 40.5 Å². The highest BCUT2D eigenvalue weighted by atomic mass is 16.7. The highest BCUT2D eigenvalue weighted by molar-refractivity contribution is 5.69. The zero-order valence-corrected chi connectivity index (χ0v) is 33.7.